The smallest absolute Gasteiger partial charge is 0.748 e. The van der Waals surface area contributed by atoms with Gasteiger partial charge in [-0.1, -0.05) is 6.42 Å². The Morgan fingerprint density at radius 2 is 1.91 bits per heavy atom. The van der Waals surface area contributed by atoms with E-state index in [2.05, 4.69) is 0 Å². The van der Waals surface area contributed by atoms with Crippen molar-refractivity contribution in [2.45, 2.75) is 30.6 Å². The van der Waals surface area contributed by atoms with Crippen LogP contribution in [0.5, 0.6) is 0 Å². The normalized spacial score (nSPS) is 31.5. The molecule has 0 aromatic heterocycles. The van der Waals surface area contributed by atoms with Gasteiger partial charge in [0.15, 0.2) is 0 Å². The van der Waals surface area contributed by atoms with Gasteiger partial charge in [0.1, 0.15) is 0 Å². The van der Waals surface area contributed by atoms with E-state index in [9.17, 15) is 13.0 Å². The third kappa shape index (κ3) is 3.01. The molecule has 1 saturated carbocycles. The van der Waals surface area contributed by atoms with E-state index in [4.69, 9.17) is 5.73 Å². The largest absolute Gasteiger partial charge is 1.00 e. The van der Waals surface area contributed by atoms with E-state index < -0.39 is 21.4 Å². The molecule has 4 nitrogen and oxygen atoms in total. The zero-order valence-electron chi connectivity index (χ0n) is 6.49. The molecule has 0 saturated heterocycles. The van der Waals surface area contributed by atoms with Gasteiger partial charge in [0.2, 0.25) is 0 Å². The number of rotatable bonds is 1. The van der Waals surface area contributed by atoms with Crippen LogP contribution in [0, 0.1) is 0 Å². The van der Waals surface area contributed by atoms with Crippen LogP contribution in [0.3, 0.4) is 0 Å². The van der Waals surface area contributed by atoms with Crippen LogP contribution in [0.4, 0.5) is 0 Å². The van der Waals surface area contributed by atoms with Crippen molar-refractivity contribution in [2.24, 2.45) is 5.73 Å². The molecule has 2 N–H and O–H groups in total. The summed E-state index contributed by atoms with van der Waals surface area (Å²) in [5.74, 6) is 0. The second-order valence-corrected chi connectivity index (χ2v) is 4.22. The van der Waals surface area contributed by atoms with Gasteiger partial charge in [-0.25, -0.2) is 8.42 Å². The summed E-state index contributed by atoms with van der Waals surface area (Å²) in [4.78, 5) is 0. The zero-order valence-corrected chi connectivity index (χ0v) is 9.30. The molecule has 2 atom stereocenters. The molecule has 1 aliphatic rings. The fraction of sp³-hybridized carbons (Fsp3) is 1.00. The summed E-state index contributed by atoms with van der Waals surface area (Å²) in [5.41, 5.74) is 5.39. The zero-order chi connectivity index (χ0) is 7.78. The van der Waals surface area contributed by atoms with Gasteiger partial charge in [0.05, 0.1) is 15.4 Å². The van der Waals surface area contributed by atoms with Crippen molar-refractivity contribution in [2.75, 3.05) is 0 Å². The fourth-order valence-electron chi connectivity index (χ4n) is 1.31. The first kappa shape index (κ1) is 11.9. The van der Waals surface area contributed by atoms with Crippen LogP contribution in [0.2, 0.25) is 0 Å². The summed E-state index contributed by atoms with van der Waals surface area (Å²) in [7, 11) is -4.13. The summed E-state index contributed by atoms with van der Waals surface area (Å²) in [5, 5.41) is -0.826. The van der Waals surface area contributed by atoms with Crippen LogP contribution in [0.15, 0.2) is 0 Å². The summed E-state index contributed by atoms with van der Waals surface area (Å²) in [6.07, 6.45) is 1.85. The minimum atomic E-state index is -4.13. The van der Waals surface area contributed by atoms with Gasteiger partial charge >= 0.3 is 29.6 Å². The Morgan fingerprint density at radius 3 is 2.09 bits per heavy atom. The van der Waals surface area contributed by atoms with E-state index in [1.165, 1.54) is 0 Å². The third-order valence-electron chi connectivity index (χ3n) is 1.87. The van der Waals surface area contributed by atoms with E-state index >= 15 is 0 Å². The first-order chi connectivity index (χ1) is 4.52. The monoisotopic (exact) mass is 187 g/mol. The molecular weight excluding hydrogens is 177 g/mol. The molecule has 0 aromatic rings. The Labute approximate surface area is 88.6 Å². The molecule has 1 rings (SSSR count). The van der Waals surface area contributed by atoms with Crippen molar-refractivity contribution in [1.82, 2.24) is 0 Å². The van der Waals surface area contributed by atoms with Crippen molar-refractivity contribution < 1.29 is 42.5 Å². The first-order valence-electron chi connectivity index (χ1n) is 3.22. The quantitative estimate of drug-likeness (QED) is 0.340. The standard InChI is InChI=1S/C5H11NO3S.Na/c6-4-2-1-3-5(4)10(7,8)9;/h4-5H,1-3,6H2,(H,7,8,9);/q;+1/p-1/t4-,5-;/m0./s1. The number of nitrogens with two attached hydrogens (primary N) is 1. The van der Waals surface area contributed by atoms with E-state index in [-0.39, 0.29) is 29.6 Å². The molecule has 6 heteroatoms. The second kappa shape index (κ2) is 4.20. The maximum absolute atomic E-state index is 10.4. The molecule has 0 unspecified atom stereocenters. The van der Waals surface area contributed by atoms with E-state index in [1.807, 2.05) is 0 Å². The Bertz CT molecular complexity index is 216. The summed E-state index contributed by atoms with van der Waals surface area (Å²) in [6, 6.07) is -0.428. The summed E-state index contributed by atoms with van der Waals surface area (Å²) in [6.45, 7) is 0. The molecule has 0 bridgehead atoms. The fourth-order valence-corrected chi connectivity index (χ4v) is 2.33. The molecule has 11 heavy (non-hydrogen) atoms. The van der Waals surface area contributed by atoms with Gasteiger partial charge in [-0.3, -0.25) is 0 Å². The molecular formula is C5H10NNaO3S. The average molecular weight is 187 g/mol. The Balaban J connectivity index is 0.000001000. The van der Waals surface area contributed by atoms with Gasteiger partial charge in [-0.05, 0) is 12.8 Å². The SMILES string of the molecule is N[C@H]1CCC[C@@H]1S(=O)(=O)[O-].[Na+]. The van der Waals surface area contributed by atoms with Crippen molar-refractivity contribution in [3.8, 4) is 0 Å². The van der Waals surface area contributed by atoms with Gasteiger partial charge < -0.3 is 10.3 Å². The number of hydrogen-bond donors (Lipinski definition) is 1. The topological polar surface area (TPSA) is 83.2 Å². The average Bonchev–Trinajstić information content (AvgIpc) is 2.11. The molecule has 0 spiro atoms. The Hall–Kier alpha value is 0.870. The Morgan fingerprint density at radius 1 is 1.36 bits per heavy atom. The van der Waals surface area contributed by atoms with Crippen LogP contribution in [-0.2, 0) is 10.1 Å². The molecule has 0 heterocycles. The third-order valence-corrected chi connectivity index (χ3v) is 3.20. The molecule has 1 fully saturated rings. The maximum Gasteiger partial charge on any atom is 1.00 e. The van der Waals surface area contributed by atoms with Gasteiger partial charge in [-0.2, -0.15) is 0 Å². The summed E-state index contributed by atoms with van der Waals surface area (Å²) >= 11 is 0. The first-order valence-corrected chi connectivity index (χ1v) is 4.69. The minimum absolute atomic E-state index is 0. The van der Waals surface area contributed by atoms with Crippen LogP contribution >= 0.6 is 0 Å². The van der Waals surface area contributed by atoms with Crippen molar-refractivity contribution >= 4 is 10.1 Å². The second-order valence-electron chi connectivity index (χ2n) is 2.63. The van der Waals surface area contributed by atoms with Crippen LogP contribution in [0.1, 0.15) is 19.3 Å². The molecule has 0 aliphatic heterocycles. The molecule has 0 radical (unpaired) electrons. The van der Waals surface area contributed by atoms with E-state index in [0.29, 0.717) is 12.8 Å². The minimum Gasteiger partial charge on any atom is -0.748 e. The van der Waals surface area contributed by atoms with Gasteiger partial charge in [0, 0.05) is 6.04 Å². The molecule has 1 aliphatic carbocycles. The van der Waals surface area contributed by atoms with Crippen molar-refractivity contribution in [3.63, 3.8) is 0 Å². The molecule has 0 aromatic carbocycles. The predicted octanol–water partition coefficient (Wildman–Crippen LogP) is -3.58. The van der Waals surface area contributed by atoms with Gasteiger partial charge in [0.25, 0.3) is 0 Å². The van der Waals surface area contributed by atoms with E-state index in [1.54, 1.807) is 0 Å². The van der Waals surface area contributed by atoms with Crippen molar-refractivity contribution in [1.29, 1.82) is 0 Å². The van der Waals surface area contributed by atoms with Crippen LogP contribution < -0.4 is 35.3 Å². The number of hydrogen-bond acceptors (Lipinski definition) is 4. The van der Waals surface area contributed by atoms with Gasteiger partial charge in [-0.15, -0.1) is 0 Å². The van der Waals surface area contributed by atoms with E-state index in [0.717, 1.165) is 6.42 Å². The Kier molecular flexibility index (Phi) is 4.54. The molecule has 60 valence electrons. The van der Waals surface area contributed by atoms with Crippen LogP contribution in [-0.4, -0.2) is 24.3 Å². The molecule has 0 amide bonds. The summed E-state index contributed by atoms with van der Waals surface area (Å²) < 4.78 is 31.2. The predicted molar refractivity (Wildman–Crippen MR) is 35.3 cm³/mol. The maximum atomic E-state index is 10.4. The van der Waals surface area contributed by atoms with Crippen molar-refractivity contribution in [3.05, 3.63) is 0 Å². The van der Waals surface area contributed by atoms with Crippen LogP contribution in [0.25, 0.3) is 0 Å².